The fourth-order valence-corrected chi connectivity index (χ4v) is 3.86. The lowest BCUT2D eigenvalue weighted by atomic mass is 9.87. The third kappa shape index (κ3) is 6.76. The van der Waals surface area contributed by atoms with Crippen LogP contribution in [0.25, 0.3) is 0 Å². The smallest absolute Gasteiger partial charge is 0.338 e. The molecule has 0 aromatic heterocycles. The number of esters is 1. The van der Waals surface area contributed by atoms with Gasteiger partial charge in [-0.15, -0.1) is 0 Å². The lowest BCUT2D eigenvalue weighted by Gasteiger charge is -2.28. The largest absolute Gasteiger partial charge is 0.456 e. The van der Waals surface area contributed by atoms with E-state index in [1.165, 1.54) is 6.07 Å². The first-order valence-electron chi connectivity index (χ1n) is 11.0. The number of hydrogen-bond donors (Lipinski definition) is 2. The van der Waals surface area contributed by atoms with Crippen LogP contribution in [0.15, 0.2) is 28.7 Å². The standard InChI is InChI=1S/C25H28BrF3N2O4/c1-24(2,3)35-23(33)14-7-18(29)22(19(8-14)30-20-11-34-12-25(20,4)5)31-21(32)9-13-6-17(28)15(26)10-16(13)27/h6-8,10,20,30H,9,11-12H2,1-5H3,(H,31,32)/t20-/m1/s1. The van der Waals surface area contributed by atoms with Gasteiger partial charge in [-0.1, -0.05) is 13.8 Å². The van der Waals surface area contributed by atoms with E-state index < -0.39 is 41.4 Å². The molecule has 0 radical (unpaired) electrons. The molecular formula is C25H28BrF3N2O4. The van der Waals surface area contributed by atoms with Crippen LogP contribution >= 0.6 is 15.9 Å². The molecule has 0 spiro atoms. The van der Waals surface area contributed by atoms with Crippen molar-refractivity contribution >= 4 is 39.2 Å². The number of hydrogen-bond acceptors (Lipinski definition) is 5. The molecule has 6 nitrogen and oxygen atoms in total. The van der Waals surface area contributed by atoms with E-state index in [-0.39, 0.29) is 38.4 Å². The molecule has 190 valence electrons. The van der Waals surface area contributed by atoms with Gasteiger partial charge in [-0.05, 0) is 61.0 Å². The quantitative estimate of drug-likeness (QED) is 0.345. The summed E-state index contributed by atoms with van der Waals surface area (Å²) < 4.78 is 54.1. The van der Waals surface area contributed by atoms with Crippen LogP contribution in [0.1, 0.15) is 50.5 Å². The first kappa shape index (κ1) is 27.0. The number of benzene rings is 2. The summed E-state index contributed by atoms with van der Waals surface area (Å²) in [6.45, 7) is 9.81. The summed E-state index contributed by atoms with van der Waals surface area (Å²) in [5, 5.41) is 5.60. The molecule has 1 fully saturated rings. The van der Waals surface area contributed by atoms with Crippen LogP contribution in [0.5, 0.6) is 0 Å². The predicted molar refractivity (Wildman–Crippen MR) is 130 cm³/mol. The van der Waals surface area contributed by atoms with Gasteiger partial charge in [0, 0.05) is 11.0 Å². The number of rotatable bonds is 6. The van der Waals surface area contributed by atoms with Crippen molar-refractivity contribution in [3.8, 4) is 0 Å². The Kier molecular flexibility index (Phi) is 7.86. The Morgan fingerprint density at radius 2 is 1.80 bits per heavy atom. The lowest BCUT2D eigenvalue weighted by molar-refractivity contribution is -0.115. The molecule has 35 heavy (non-hydrogen) atoms. The van der Waals surface area contributed by atoms with E-state index in [1.807, 2.05) is 13.8 Å². The number of nitrogens with one attached hydrogen (secondary N) is 2. The molecule has 2 N–H and O–H groups in total. The summed E-state index contributed by atoms with van der Waals surface area (Å²) in [4.78, 5) is 25.3. The van der Waals surface area contributed by atoms with E-state index in [0.29, 0.717) is 13.2 Å². The Morgan fingerprint density at radius 3 is 2.40 bits per heavy atom. The molecule has 1 aliphatic rings. The Hall–Kier alpha value is -2.59. The Morgan fingerprint density at radius 1 is 1.11 bits per heavy atom. The van der Waals surface area contributed by atoms with Crippen molar-refractivity contribution in [3.63, 3.8) is 0 Å². The van der Waals surface area contributed by atoms with Gasteiger partial charge in [0.05, 0.1) is 41.4 Å². The number of amides is 1. The fourth-order valence-electron chi connectivity index (χ4n) is 3.55. The van der Waals surface area contributed by atoms with Gasteiger partial charge in [-0.2, -0.15) is 0 Å². The average Bonchev–Trinajstić information content (AvgIpc) is 3.05. The summed E-state index contributed by atoms with van der Waals surface area (Å²) in [5.74, 6) is -3.89. The van der Waals surface area contributed by atoms with Crippen molar-refractivity contribution in [2.24, 2.45) is 5.41 Å². The average molecular weight is 557 g/mol. The molecule has 0 bridgehead atoms. The summed E-state index contributed by atoms with van der Waals surface area (Å²) in [5.41, 5.74) is -1.41. The second-order valence-electron chi connectivity index (χ2n) is 10.2. The predicted octanol–water partition coefficient (Wildman–Crippen LogP) is 5.84. The van der Waals surface area contributed by atoms with E-state index in [2.05, 4.69) is 26.6 Å². The SMILES string of the molecule is CC(C)(C)OC(=O)c1cc(F)c(NC(=O)Cc2cc(F)c(Br)cc2F)c(N[C@@H]2COCC2(C)C)c1. The van der Waals surface area contributed by atoms with Gasteiger partial charge in [0.2, 0.25) is 5.91 Å². The number of anilines is 2. The molecule has 0 aliphatic carbocycles. The monoisotopic (exact) mass is 556 g/mol. The topological polar surface area (TPSA) is 76.7 Å². The van der Waals surface area contributed by atoms with Gasteiger partial charge in [0.1, 0.15) is 28.7 Å². The molecule has 2 aromatic rings. The maximum Gasteiger partial charge on any atom is 0.338 e. The second-order valence-corrected chi connectivity index (χ2v) is 11.0. The van der Waals surface area contributed by atoms with Crippen LogP contribution in [0, 0.1) is 22.9 Å². The summed E-state index contributed by atoms with van der Waals surface area (Å²) >= 11 is 2.88. The summed E-state index contributed by atoms with van der Waals surface area (Å²) in [6.07, 6.45) is -0.527. The molecule has 1 saturated heterocycles. The molecule has 10 heteroatoms. The minimum atomic E-state index is -0.886. The van der Waals surface area contributed by atoms with Crippen molar-refractivity contribution in [2.75, 3.05) is 23.8 Å². The highest BCUT2D eigenvalue weighted by Gasteiger charge is 2.36. The normalized spacial score (nSPS) is 17.2. The van der Waals surface area contributed by atoms with Gasteiger partial charge in [-0.3, -0.25) is 4.79 Å². The van der Waals surface area contributed by atoms with Crippen molar-refractivity contribution in [2.45, 2.75) is 52.7 Å². The first-order chi connectivity index (χ1) is 16.2. The van der Waals surface area contributed by atoms with E-state index in [0.717, 1.165) is 18.2 Å². The fraction of sp³-hybridized carbons (Fsp3) is 0.440. The van der Waals surface area contributed by atoms with Crippen LogP contribution in [-0.4, -0.2) is 36.7 Å². The molecule has 1 atom stereocenters. The molecule has 3 rings (SSSR count). The Balaban J connectivity index is 1.93. The number of halogens is 4. The number of ether oxygens (including phenoxy) is 2. The molecule has 2 aromatic carbocycles. The lowest BCUT2D eigenvalue weighted by Crippen LogP contribution is -2.35. The van der Waals surface area contributed by atoms with Crippen LogP contribution in [0.4, 0.5) is 24.5 Å². The number of carbonyl (C=O) groups excluding carboxylic acids is 2. The van der Waals surface area contributed by atoms with Crippen molar-refractivity contribution < 1.29 is 32.2 Å². The van der Waals surface area contributed by atoms with E-state index in [4.69, 9.17) is 9.47 Å². The molecule has 0 unspecified atom stereocenters. The van der Waals surface area contributed by atoms with Gasteiger partial charge >= 0.3 is 5.97 Å². The van der Waals surface area contributed by atoms with Crippen LogP contribution in [0.3, 0.4) is 0 Å². The first-order valence-corrected chi connectivity index (χ1v) is 11.8. The molecule has 1 aliphatic heterocycles. The van der Waals surface area contributed by atoms with Gasteiger partial charge in [-0.25, -0.2) is 18.0 Å². The van der Waals surface area contributed by atoms with Gasteiger partial charge in [0.15, 0.2) is 0 Å². The maximum absolute atomic E-state index is 15.2. The zero-order chi connectivity index (χ0) is 26.1. The summed E-state index contributed by atoms with van der Waals surface area (Å²) in [7, 11) is 0. The number of carbonyl (C=O) groups is 2. The summed E-state index contributed by atoms with van der Waals surface area (Å²) in [6, 6.07) is 3.93. The van der Waals surface area contributed by atoms with Crippen LogP contribution in [0.2, 0.25) is 0 Å². The highest BCUT2D eigenvalue weighted by atomic mass is 79.9. The minimum Gasteiger partial charge on any atom is -0.456 e. The van der Waals surface area contributed by atoms with Gasteiger partial charge in [0.25, 0.3) is 0 Å². The third-order valence-corrected chi connectivity index (χ3v) is 6.07. The zero-order valence-corrected chi connectivity index (χ0v) is 21.7. The van der Waals surface area contributed by atoms with E-state index >= 15 is 4.39 Å². The third-order valence-electron chi connectivity index (χ3n) is 5.46. The minimum absolute atomic E-state index is 0.0457. The zero-order valence-electron chi connectivity index (χ0n) is 20.2. The molecule has 1 heterocycles. The highest BCUT2D eigenvalue weighted by molar-refractivity contribution is 9.10. The van der Waals surface area contributed by atoms with E-state index in [1.54, 1.807) is 20.8 Å². The van der Waals surface area contributed by atoms with Gasteiger partial charge < -0.3 is 20.1 Å². The molecular weight excluding hydrogens is 529 g/mol. The van der Waals surface area contributed by atoms with E-state index in [9.17, 15) is 18.4 Å². The van der Waals surface area contributed by atoms with Crippen LogP contribution in [-0.2, 0) is 20.7 Å². The Labute approximate surface area is 210 Å². The van der Waals surface area contributed by atoms with Crippen LogP contribution < -0.4 is 10.6 Å². The van der Waals surface area contributed by atoms with Crippen molar-refractivity contribution in [1.82, 2.24) is 0 Å². The maximum atomic E-state index is 15.2. The van der Waals surface area contributed by atoms with Crippen molar-refractivity contribution in [1.29, 1.82) is 0 Å². The highest BCUT2D eigenvalue weighted by Crippen LogP contribution is 2.35. The Bertz CT molecular complexity index is 1150. The molecule has 0 saturated carbocycles. The van der Waals surface area contributed by atoms with Crippen molar-refractivity contribution in [3.05, 3.63) is 57.3 Å². The second kappa shape index (κ2) is 10.2. The molecule has 1 amide bonds.